The Bertz CT molecular complexity index is 1620. The summed E-state index contributed by atoms with van der Waals surface area (Å²) >= 11 is 0. The highest BCUT2D eigenvalue weighted by Gasteiger charge is 2.49. The van der Waals surface area contributed by atoms with Crippen molar-refractivity contribution in [1.82, 2.24) is 0 Å². The molecule has 0 bridgehead atoms. The SMILES string of the molecule is OCC1OC(OCC2OC(OC3=C(c4ccc(O)c(O)c4)OC4C=C(O)C=C(OC5OC(CO)C(O)C(O)C5O)C4=C3)C(O)C(O)C2O)C(O)C(O)C1O. The van der Waals surface area contributed by atoms with Crippen molar-refractivity contribution < 1.29 is 105 Å². The molecule has 0 saturated carbocycles. The van der Waals surface area contributed by atoms with Gasteiger partial charge in [0.1, 0.15) is 90.9 Å². The van der Waals surface area contributed by atoms with Crippen molar-refractivity contribution in [3.8, 4) is 11.5 Å². The van der Waals surface area contributed by atoms with Crippen LogP contribution in [0.3, 0.4) is 0 Å². The Hall–Kier alpha value is -3.62. The molecule has 0 radical (unpaired) electrons. The minimum atomic E-state index is -1.96. The number of benzene rings is 1. The summed E-state index contributed by atoms with van der Waals surface area (Å²) in [5.41, 5.74) is 0.128. The van der Waals surface area contributed by atoms with Gasteiger partial charge in [-0.15, -0.1) is 0 Å². The summed E-state index contributed by atoms with van der Waals surface area (Å²) in [7, 11) is 0. The zero-order valence-corrected chi connectivity index (χ0v) is 27.9. The fourth-order valence-corrected chi connectivity index (χ4v) is 6.32. The molecule has 21 nitrogen and oxygen atoms in total. The van der Waals surface area contributed by atoms with Gasteiger partial charge >= 0.3 is 0 Å². The first-order valence-electron chi connectivity index (χ1n) is 16.7. The maximum atomic E-state index is 10.9. The van der Waals surface area contributed by atoms with Crippen LogP contribution in [0.4, 0.5) is 0 Å². The van der Waals surface area contributed by atoms with Gasteiger partial charge in [0.25, 0.3) is 0 Å². The first-order valence-corrected chi connectivity index (χ1v) is 16.7. The molecule has 14 N–H and O–H groups in total. The molecular formula is C33H42O21. The van der Waals surface area contributed by atoms with Crippen LogP contribution in [0.15, 0.2) is 59.3 Å². The minimum Gasteiger partial charge on any atom is -0.508 e. The maximum Gasteiger partial charge on any atom is 0.229 e. The average Bonchev–Trinajstić information content (AvgIpc) is 3.15. The van der Waals surface area contributed by atoms with Crippen LogP contribution in [-0.2, 0) is 33.2 Å². The largest absolute Gasteiger partial charge is 0.508 e. The van der Waals surface area contributed by atoms with E-state index in [0.29, 0.717) is 0 Å². The summed E-state index contributed by atoms with van der Waals surface area (Å²) in [5.74, 6) is -2.20. The molecule has 0 spiro atoms. The molecule has 54 heavy (non-hydrogen) atoms. The molecule has 1 aliphatic carbocycles. The Morgan fingerprint density at radius 2 is 1.11 bits per heavy atom. The van der Waals surface area contributed by atoms with E-state index in [-0.39, 0.29) is 28.4 Å². The number of phenolic OH excluding ortho intramolecular Hbond substituents is 2. The van der Waals surface area contributed by atoms with Crippen molar-refractivity contribution >= 4 is 5.76 Å². The molecule has 300 valence electrons. The zero-order chi connectivity index (χ0) is 39.2. The van der Waals surface area contributed by atoms with Gasteiger partial charge in [-0.1, -0.05) is 0 Å². The standard InChI is InChI=1S/C33H42O21/c34-7-18-21(39)24(42)27(45)31(52-18)48-9-20-23(41)26(44)29(47)33(54-20)51-17-6-12-15(49-30(17)10-1-2-13(37)14(38)3-10)4-11(36)5-16(12)50-32-28(46)25(43)22(40)19(8-35)53-32/h1-6,15,18-29,31-47H,7-9H2. The Kier molecular flexibility index (Phi) is 12.0. The number of hydrogen-bond donors (Lipinski definition) is 14. The third-order valence-electron chi connectivity index (χ3n) is 9.46. The highest BCUT2D eigenvalue weighted by molar-refractivity contribution is 5.70. The third-order valence-corrected chi connectivity index (χ3v) is 9.46. The number of aliphatic hydroxyl groups excluding tert-OH is 12. The van der Waals surface area contributed by atoms with Crippen LogP contribution in [0.2, 0.25) is 0 Å². The van der Waals surface area contributed by atoms with Gasteiger partial charge in [-0.2, -0.15) is 0 Å². The van der Waals surface area contributed by atoms with Gasteiger partial charge in [0.15, 0.2) is 29.3 Å². The Morgan fingerprint density at radius 3 is 1.70 bits per heavy atom. The number of aromatic hydroxyl groups is 2. The number of allylic oxidation sites excluding steroid dienone is 2. The first kappa shape index (κ1) is 40.1. The van der Waals surface area contributed by atoms with Gasteiger partial charge in [-0.25, -0.2) is 0 Å². The van der Waals surface area contributed by atoms with Crippen molar-refractivity contribution in [2.45, 2.75) is 98.2 Å². The normalized spacial score (nSPS) is 41.2. The number of phenols is 2. The maximum absolute atomic E-state index is 10.9. The second-order valence-corrected chi connectivity index (χ2v) is 13.1. The molecule has 0 aromatic heterocycles. The number of ether oxygens (including phenoxy) is 7. The molecule has 6 rings (SSSR count). The molecule has 4 heterocycles. The lowest BCUT2D eigenvalue weighted by Gasteiger charge is -2.43. The molecule has 16 atom stereocenters. The molecule has 1 aromatic rings. The molecule has 16 unspecified atom stereocenters. The second-order valence-electron chi connectivity index (χ2n) is 13.1. The summed E-state index contributed by atoms with van der Waals surface area (Å²) in [4.78, 5) is 0. The lowest BCUT2D eigenvalue weighted by Crippen LogP contribution is -2.61. The first-order chi connectivity index (χ1) is 25.6. The van der Waals surface area contributed by atoms with Crippen LogP contribution < -0.4 is 0 Å². The predicted molar refractivity (Wildman–Crippen MR) is 171 cm³/mol. The van der Waals surface area contributed by atoms with Gasteiger partial charge in [0, 0.05) is 23.3 Å². The molecule has 3 saturated heterocycles. The summed E-state index contributed by atoms with van der Waals surface area (Å²) in [6, 6.07) is 3.53. The smallest absolute Gasteiger partial charge is 0.229 e. The van der Waals surface area contributed by atoms with Crippen molar-refractivity contribution in [2.75, 3.05) is 19.8 Å². The van der Waals surface area contributed by atoms with Gasteiger partial charge in [0.05, 0.1) is 19.8 Å². The van der Waals surface area contributed by atoms with E-state index in [4.69, 9.17) is 33.2 Å². The van der Waals surface area contributed by atoms with Crippen LogP contribution in [0.25, 0.3) is 5.76 Å². The van der Waals surface area contributed by atoms with E-state index in [9.17, 15) is 71.5 Å². The Morgan fingerprint density at radius 1 is 0.574 bits per heavy atom. The van der Waals surface area contributed by atoms with Crippen molar-refractivity contribution in [2.24, 2.45) is 0 Å². The van der Waals surface area contributed by atoms with E-state index in [1.165, 1.54) is 18.2 Å². The Labute approximate surface area is 304 Å². The minimum absolute atomic E-state index is 0.0555. The van der Waals surface area contributed by atoms with E-state index in [1.807, 2.05) is 0 Å². The monoisotopic (exact) mass is 774 g/mol. The van der Waals surface area contributed by atoms with Crippen LogP contribution >= 0.6 is 0 Å². The van der Waals surface area contributed by atoms with E-state index in [0.717, 1.165) is 18.2 Å². The summed E-state index contributed by atoms with van der Waals surface area (Å²) in [6.45, 7) is -2.18. The second kappa shape index (κ2) is 16.2. The van der Waals surface area contributed by atoms with Crippen molar-refractivity contribution in [3.05, 3.63) is 64.8 Å². The van der Waals surface area contributed by atoms with Crippen molar-refractivity contribution in [3.63, 3.8) is 0 Å². The lowest BCUT2D eigenvalue weighted by atomic mass is 9.96. The van der Waals surface area contributed by atoms with Gasteiger partial charge < -0.3 is 105 Å². The molecule has 5 aliphatic rings. The fraction of sp³-hybridized carbons (Fsp3) is 0.576. The summed E-state index contributed by atoms with van der Waals surface area (Å²) in [5, 5.41) is 144. The van der Waals surface area contributed by atoms with Gasteiger partial charge in [-0.05, 0) is 24.3 Å². The van der Waals surface area contributed by atoms with Crippen LogP contribution in [0.1, 0.15) is 5.56 Å². The molecule has 3 fully saturated rings. The topological polar surface area (TPSA) is 348 Å². The van der Waals surface area contributed by atoms with E-state index in [1.54, 1.807) is 0 Å². The van der Waals surface area contributed by atoms with E-state index < -0.39 is 135 Å². The lowest BCUT2D eigenvalue weighted by molar-refractivity contribution is -0.327. The summed E-state index contributed by atoms with van der Waals surface area (Å²) in [6.07, 6.45) is -23.3. The van der Waals surface area contributed by atoms with E-state index >= 15 is 0 Å². The van der Waals surface area contributed by atoms with Crippen molar-refractivity contribution in [1.29, 1.82) is 0 Å². The van der Waals surface area contributed by atoms with Gasteiger partial charge in [-0.3, -0.25) is 0 Å². The molecule has 21 heteroatoms. The zero-order valence-electron chi connectivity index (χ0n) is 27.9. The quantitative estimate of drug-likeness (QED) is 0.0989. The molecular weight excluding hydrogens is 732 g/mol. The van der Waals surface area contributed by atoms with Crippen LogP contribution in [-0.4, -0.2) is 190 Å². The molecule has 0 amide bonds. The van der Waals surface area contributed by atoms with Gasteiger partial charge in [0.2, 0.25) is 12.6 Å². The highest BCUT2D eigenvalue weighted by atomic mass is 16.7. The number of hydrogen-bond acceptors (Lipinski definition) is 21. The van der Waals surface area contributed by atoms with Crippen LogP contribution in [0, 0.1) is 0 Å². The van der Waals surface area contributed by atoms with Crippen LogP contribution in [0.5, 0.6) is 11.5 Å². The molecule has 4 aliphatic heterocycles. The average molecular weight is 775 g/mol. The number of aliphatic hydroxyl groups is 12. The molecule has 1 aromatic carbocycles. The Balaban J connectivity index is 1.29. The number of fused-ring (bicyclic) bond motifs is 1. The van der Waals surface area contributed by atoms with E-state index in [2.05, 4.69) is 0 Å². The highest BCUT2D eigenvalue weighted by Crippen LogP contribution is 2.41. The summed E-state index contributed by atoms with van der Waals surface area (Å²) < 4.78 is 39.9. The fourth-order valence-electron chi connectivity index (χ4n) is 6.32. The third kappa shape index (κ3) is 7.75. The predicted octanol–water partition coefficient (Wildman–Crippen LogP) is -5.11. The number of rotatable bonds is 10.